The number of benzene rings is 1. The lowest BCUT2D eigenvalue weighted by molar-refractivity contribution is 0.220. The first kappa shape index (κ1) is 15.0. The van der Waals surface area contributed by atoms with Gasteiger partial charge in [-0.3, -0.25) is 0 Å². The van der Waals surface area contributed by atoms with E-state index in [2.05, 4.69) is 5.32 Å². The molecule has 20 heavy (non-hydrogen) atoms. The van der Waals surface area contributed by atoms with Gasteiger partial charge in [0.25, 0.3) is 0 Å². The van der Waals surface area contributed by atoms with Gasteiger partial charge in [0.2, 0.25) is 10.0 Å². The molecule has 0 radical (unpaired) electrons. The lowest BCUT2D eigenvalue weighted by Crippen LogP contribution is -2.57. The van der Waals surface area contributed by atoms with E-state index in [4.69, 9.17) is 5.26 Å². The standard InChI is InChI=1S/C14H19N3O2S/c1-10-4-5-13(7-15)6-14(10)20(18,19)17-11(2)8-16-9-12(17)3/h4-6,11-12,16H,8-9H2,1-3H3. The maximum Gasteiger partial charge on any atom is 0.243 e. The van der Waals surface area contributed by atoms with E-state index < -0.39 is 10.0 Å². The van der Waals surface area contributed by atoms with Crippen LogP contribution in [0.2, 0.25) is 0 Å². The third-order valence-corrected chi connectivity index (χ3v) is 5.89. The summed E-state index contributed by atoms with van der Waals surface area (Å²) in [4.78, 5) is 0.233. The molecule has 1 N–H and O–H groups in total. The van der Waals surface area contributed by atoms with Gasteiger partial charge in [-0.2, -0.15) is 9.57 Å². The van der Waals surface area contributed by atoms with Crippen LogP contribution in [0.15, 0.2) is 23.1 Å². The number of sulfonamides is 1. The highest BCUT2D eigenvalue weighted by Crippen LogP contribution is 2.26. The summed E-state index contributed by atoms with van der Waals surface area (Å²) in [5, 5.41) is 12.2. The highest BCUT2D eigenvalue weighted by Gasteiger charge is 2.36. The summed E-state index contributed by atoms with van der Waals surface area (Å²) >= 11 is 0. The number of nitrogens with one attached hydrogen (secondary N) is 1. The number of hydrogen-bond donors (Lipinski definition) is 1. The zero-order valence-corrected chi connectivity index (χ0v) is 12.7. The molecular weight excluding hydrogens is 274 g/mol. The van der Waals surface area contributed by atoms with Crippen LogP contribution in [-0.4, -0.2) is 37.9 Å². The predicted molar refractivity (Wildman–Crippen MR) is 76.7 cm³/mol. The van der Waals surface area contributed by atoms with Crippen molar-refractivity contribution in [1.82, 2.24) is 9.62 Å². The molecule has 0 aliphatic carbocycles. The second-order valence-corrected chi connectivity index (χ2v) is 7.09. The van der Waals surface area contributed by atoms with Crippen molar-refractivity contribution in [2.75, 3.05) is 13.1 Å². The van der Waals surface area contributed by atoms with Crippen molar-refractivity contribution in [3.8, 4) is 6.07 Å². The van der Waals surface area contributed by atoms with Crippen LogP contribution in [-0.2, 0) is 10.0 Å². The normalized spacial score (nSPS) is 24.3. The largest absolute Gasteiger partial charge is 0.314 e. The van der Waals surface area contributed by atoms with Crippen molar-refractivity contribution in [1.29, 1.82) is 5.26 Å². The van der Waals surface area contributed by atoms with Gasteiger partial charge >= 0.3 is 0 Å². The molecule has 6 heteroatoms. The van der Waals surface area contributed by atoms with E-state index >= 15 is 0 Å². The summed E-state index contributed by atoms with van der Waals surface area (Å²) < 4.78 is 27.3. The van der Waals surface area contributed by atoms with Gasteiger partial charge in [-0.15, -0.1) is 0 Å². The number of rotatable bonds is 2. The van der Waals surface area contributed by atoms with Gasteiger partial charge in [-0.25, -0.2) is 8.42 Å². The Hall–Kier alpha value is -1.42. The minimum absolute atomic E-state index is 0.103. The third kappa shape index (κ3) is 2.57. The molecule has 1 aliphatic rings. The number of piperazine rings is 1. The Morgan fingerprint density at radius 2 is 1.90 bits per heavy atom. The maximum absolute atomic E-state index is 12.9. The van der Waals surface area contributed by atoms with Gasteiger partial charge in [0.05, 0.1) is 16.5 Å². The molecule has 2 unspecified atom stereocenters. The second kappa shape index (κ2) is 5.52. The Morgan fingerprint density at radius 1 is 1.30 bits per heavy atom. The molecule has 1 aromatic rings. The van der Waals surface area contributed by atoms with Crippen LogP contribution < -0.4 is 5.32 Å². The smallest absolute Gasteiger partial charge is 0.243 e. The van der Waals surface area contributed by atoms with E-state index in [-0.39, 0.29) is 17.0 Å². The molecule has 0 aromatic heterocycles. The van der Waals surface area contributed by atoms with Crippen LogP contribution in [0.1, 0.15) is 25.0 Å². The first-order valence-corrected chi connectivity index (χ1v) is 8.07. The first-order valence-electron chi connectivity index (χ1n) is 6.63. The summed E-state index contributed by atoms with van der Waals surface area (Å²) in [6, 6.07) is 6.58. The SMILES string of the molecule is Cc1ccc(C#N)cc1S(=O)(=O)N1C(C)CNCC1C. The van der Waals surface area contributed by atoms with Crippen LogP contribution in [0.25, 0.3) is 0 Å². The number of nitriles is 1. The quantitative estimate of drug-likeness (QED) is 0.890. The van der Waals surface area contributed by atoms with Crippen LogP contribution in [0.4, 0.5) is 0 Å². The van der Waals surface area contributed by atoms with E-state index in [0.29, 0.717) is 24.2 Å². The van der Waals surface area contributed by atoms with E-state index in [1.807, 2.05) is 19.9 Å². The average molecular weight is 293 g/mol. The van der Waals surface area contributed by atoms with Gasteiger partial charge in [0.1, 0.15) is 0 Å². The Labute approximate surface area is 120 Å². The highest BCUT2D eigenvalue weighted by atomic mass is 32.2. The van der Waals surface area contributed by atoms with Crippen molar-refractivity contribution in [2.45, 2.75) is 37.8 Å². The molecule has 0 amide bonds. The van der Waals surface area contributed by atoms with Crippen molar-refractivity contribution in [3.05, 3.63) is 29.3 Å². The monoisotopic (exact) mass is 293 g/mol. The molecule has 1 aromatic carbocycles. The minimum atomic E-state index is -3.58. The van der Waals surface area contributed by atoms with Crippen molar-refractivity contribution < 1.29 is 8.42 Å². The summed E-state index contributed by atoms with van der Waals surface area (Å²) in [7, 11) is -3.58. The maximum atomic E-state index is 12.9. The van der Waals surface area contributed by atoms with Crippen LogP contribution in [0.3, 0.4) is 0 Å². The minimum Gasteiger partial charge on any atom is -0.314 e. The number of hydrogen-bond acceptors (Lipinski definition) is 4. The van der Waals surface area contributed by atoms with Gasteiger partial charge in [0, 0.05) is 25.2 Å². The van der Waals surface area contributed by atoms with E-state index in [1.165, 1.54) is 6.07 Å². The van der Waals surface area contributed by atoms with Gasteiger partial charge < -0.3 is 5.32 Å². The van der Waals surface area contributed by atoms with Crippen LogP contribution >= 0.6 is 0 Å². The Balaban J connectivity index is 2.52. The fraction of sp³-hybridized carbons (Fsp3) is 0.500. The van der Waals surface area contributed by atoms with Crippen molar-refractivity contribution in [3.63, 3.8) is 0 Å². The van der Waals surface area contributed by atoms with E-state index in [1.54, 1.807) is 23.4 Å². The van der Waals surface area contributed by atoms with Crippen LogP contribution in [0.5, 0.6) is 0 Å². The molecule has 0 saturated carbocycles. The fourth-order valence-electron chi connectivity index (χ4n) is 2.65. The van der Waals surface area contributed by atoms with Gasteiger partial charge in [-0.05, 0) is 38.5 Å². The number of nitrogens with zero attached hydrogens (tertiary/aromatic N) is 2. The summed E-state index contributed by atoms with van der Waals surface area (Å²) in [5.41, 5.74) is 1.03. The lowest BCUT2D eigenvalue weighted by atomic mass is 10.2. The molecule has 1 saturated heterocycles. The summed E-state index contributed by atoms with van der Waals surface area (Å²) in [5.74, 6) is 0. The lowest BCUT2D eigenvalue weighted by Gasteiger charge is -2.38. The molecular formula is C14H19N3O2S. The molecule has 1 aliphatic heterocycles. The van der Waals surface area contributed by atoms with Crippen LogP contribution in [0, 0.1) is 18.3 Å². The molecule has 108 valence electrons. The molecule has 5 nitrogen and oxygen atoms in total. The Kier molecular flexibility index (Phi) is 4.14. The number of aryl methyl sites for hydroxylation is 1. The average Bonchev–Trinajstić information content (AvgIpc) is 2.38. The Morgan fingerprint density at radius 3 is 2.45 bits per heavy atom. The predicted octanol–water partition coefficient (Wildman–Crippen LogP) is 1.24. The second-order valence-electron chi connectivity index (χ2n) is 5.28. The molecule has 0 bridgehead atoms. The molecule has 1 fully saturated rings. The van der Waals surface area contributed by atoms with Gasteiger partial charge in [-0.1, -0.05) is 6.07 Å². The van der Waals surface area contributed by atoms with Crippen molar-refractivity contribution >= 4 is 10.0 Å². The summed E-state index contributed by atoms with van der Waals surface area (Å²) in [6.45, 7) is 6.82. The molecule has 2 rings (SSSR count). The first-order chi connectivity index (χ1) is 9.37. The van der Waals surface area contributed by atoms with Crippen molar-refractivity contribution in [2.24, 2.45) is 0 Å². The zero-order chi connectivity index (χ0) is 14.9. The fourth-order valence-corrected chi connectivity index (χ4v) is 4.72. The topological polar surface area (TPSA) is 73.2 Å². The molecule has 2 atom stereocenters. The zero-order valence-electron chi connectivity index (χ0n) is 11.9. The Bertz CT molecular complexity index is 639. The van der Waals surface area contributed by atoms with Gasteiger partial charge in [0.15, 0.2) is 0 Å². The molecule has 1 heterocycles. The highest BCUT2D eigenvalue weighted by molar-refractivity contribution is 7.89. The third-order valence-electron chi connectivity index (χ3n) is 3.62. The summed E-state index contributed by atoms with van der Waals surface area (Å²) in [6.07, 6.45) is 0. The molecule has 0 spiro atoms. The van der Waals surface area contributed by atoms with E-state index in [9.17, 15) is 8.42 Å². The van der Waals surface area contributed by atoms with E-state index in [0.717, 1.165) is 0 Å².